The van der Waals surface area contributed by atoms with Gasteiger partial charge in [-0.2, -0.15) is 4.98 Å². The first-order chi connectivity index (χ1) is 16.9. The molecule has 35 heavy (non-hydrogen) atoms. The number of nitrogens with zero attached hydrogens (tertiary/aromatic N) is 5. The minimum Gasteiger partial charge on any atom is -0.350 e. The van der Waals surface area contributed by atoms with E-state index in [4.69, 9.17) is 16.1 Å². The number of benzene rings is 2. The van der Waals surface area contributed by atoms with E-state index in [0.717, 1.165) is 16.8 Å². The first-order valence-electron chi connectivity index (χ1n) is 10.3. The Morgan fingerprint density at radius 1 is 1.11 bits per heavy atom. The van der Waals surface area contributed by atoms with Crippen LogP contribution in [0.3, 0.4) is 0 Å². The fourth-order valence-corrected chi connectivity index (χ4v) is 3.53. The van der Waals surface area contributed by atoms with Gasteiger partial charge in [0.1, 0.15) is 18.2 Å². The number of carbonyl (C=O) groups is 1. The summed E-state index contributed by atoms with van der Waals surface area (Å²) in [6.45, 7) is -0.587. The second kappa shape index (κ2) is 9.11. The van der Waals surface area contributed by atoms with E-state index >= 15 is 0 Å². The summed E-state index contributed by atoms with van der Waals surface area (Å²) in [7, 11) is 0. The average molecular weight is 497 g/mol. The molecular formula is C23H15ClF2N6O3. The van der Waals surface area contributed by atoms with Gasteiger partial charge in [0, 0.05) is 35.0 Å². The Balaban J connectivity index is 1.38. The van der Waals surface area contributed by atoms with Crippen molar-refractivity contribution in [2.75, 3.05) is 0 Å². The number of fused-ring (bicyclic) bond motifs is 1. The van der Waals surface area contributed by atoms with E-state index in [9.17, 15) is 18.4 Å². The van der Waals surface area contributed by atoms with Gasteiger partial charge in [0.25, 0.3) is 5.89 Å². The number of amides is 1. The van der Waals surface area contributed by atoms with Crippen molar-refractivity contribution in [1.82, 2.24) is 29.6 Å². The SMILES string of the molecule is O=C(Cn1nc2c(-c3nc(-c4ccc(Cl)cc4)no3)cccn2c1=O)NCc1ccc(F)cc1F. The summed E-state index contributed by atoms with van der Waals surface area (Å²) >= 11 is 5.92. The molecular weight excluding hydrogens is 482 g/mol. The Bertz CT molecular complexity index is 1610. The van der Waals surface area contributed by atoms with Crippen LogP contribution in [0.15, 0.2) is 70.1 Å². The van der Waals surface area contributed by atoms with Gasteiger partial charge in [0.05, 0.1) is 5.56 Å². The lowest BCUT2D eigenvalue weighted by Gasteiger charge is -2.06. The Hall–Kier alpha value is -4.38. The van der Waals surface area contributed by atoms with Crippen molar-refractivity contribution in [3.63, 3.8) is 0 Å². The molecule has 9 nitrogen and oxygen atoms in total. The number of pyridine rings is 1. The summed E-state index contributed by atoms with van der Waals surface area (Å²) < 4.78 is 34.4. The summed E-state index contributed by atoms with van der Waals surface area (Å²) in [5, 5.41) is 11.3. The van der Waals surface area contributed by atoms with E-state index in [1.807, 2.05) is 0 Å². The number of nitrogens with one attached hydrogen (secondary N) is 1. The molecule has 0 fully saturated rings. The van der Waals surface area contributed by atoms with Crippen LogP contribution >= 0.6 is 11.6 Å². The fraction of sp³-hybridized carbons (Fsp3) is 0.0870. The molecule has 0 aliphatic heterocycles. The highest BCUT2D eigenvalue weighted by molar-refractivity contribution is 6.30. The van der Waals surface area contributed by atoms with Crippen LogP contribution < -0.4 is 11.0 Å². The Morgan fingerprint density at radius 3 is 2.69 bits per heavy atom. The van der Waals surface area contributed by atoms with Crippen molar-refractivity contribution in [2.24, 2.45) is 0 Å². The van der Waals surface area contributed by atoms with Crippen LogP contribution in [0.4, 0.5) is 8.78 Å². The summed E-state index contributed by atoms with van der Waals surface area (Å²) in [5.74, 6) is -1.62. The average Bonchev–Trinajstić information content (AvgIpc) is 3.44. The largest absolute Gasteiger partial charge is 0.350 e. The molecule has 1 N–H and O–H groups in total. The molecule has 5 aromatic rings. The van der Waals surface area contributed by atoms with Crippen LogP contribution in [0.2, 0.25) is 5.02 Å². The molecule has 3 heterocycles. The molecule has 5 rings (SSSR count). The van der Waals surface area contributed by atoms with E-state index in [0.29, 0.717) is 22.0 Å². The van der Waals surface area contributed by atoms with Crippen LogP contribution in [0.5, 0.6) is 0 Å². The quantitative estimate of drug-likeness (QED) is 0.386. The van der Waals surface area contributed by atoms with Crippen molar-refractivity contribution in [3.05, 3.63) is 93.5 Å². The fourth-order valence-electron chi connectivity index (χ4n) is 3.41. The van der Waals surface area contributed by atoms with E-state index < -0.39 is 29.8 Å². The Kier molecular flexibility index (Phi) is 5.83. The lowest BCUT2D eigenvalue weighted by molar-refractivity contribution is -0.122. The van der Waals surface area contributed by atoms with Gasteiger partial charge in [-0.1, -0.05) is 22.8 Å². The predicted octanol–water partition coefficient (Wildman–Crippen LogP) is 3.46. The molecule has 3 aromatic heterocycles. The lowest BCUT2D eigenvalue weighted by Crippen LogP contribution is -2.32. The zero-order chi connectivity index (χ0) is 24.5. The highest BCUT2D eigenvalue weighted by Gasteiger charge is 2.19. The topological polar surface area (TPSA) is 107 Å². The first-order valence-corrected chi connectivity index (χ1v) is 10.7. The minimum atomic E-state index is -0.780. The monoisotopic (exact) mass is 496 g/mol. The number of aromatic nitrogens is 5. The maximum atomic E-state index is 13.8. The maximum Gasteiger partial charge on any atom is 0.350 e. The van der Waals surface area contributed by atoms with E-state index in [1.54, 1.807) is 36.4 Å². The zero-order valence-electron chi connectivity index (χ0n) is 17.8. The third-order valence-corrected chi connectivity index (χ3v) is 5.40. The molecule has 0 spiro atoms. The predicted molar refractivity (Wildman–Crippen MR) is 121 cm³/mol. The van der Waals surface area contributed by atoms with Gasteiger partial charge in [0.15, 0.2) is 5.65 Å². The van der Waals surface area contributed by atoms with Crippen LogP contribution in [-0.4, -0.2) is 30.2 Å². The van der Waals surface area contributed by atoms with Gasteiger partial charge in [-0.3, -0.25) is 4.79 Å². The van der Waals surface area contributed by atoms with Gasteiger partial charge in [0.2, 0.25) is 11.7 Å². The molecule has 0 unspecified atom stereocenters. The Labute approximate surface area is 200 Å². The number of halogens is 3. The molecule has 0 aliphatic rings. The molecule has 0 atom stereocenters. The summed E-state index contributed by atoms with van der Waals surface area (Å²) in [6, 6.07) is 13.2. The number of rotatable bonds is 6. The van der Waals surface area contributed by atoms with Crippen LogP contribution in [0.25, 0.3) is 28.5 Å². The third kappa shape index (κ3) is 4.53. The van der Waals surface area contributed by atoms with Crippen molar-refractivity contribution < 1.29 is 18.1 Å². The molecule has 1 amide bonds. The van der Waals surface area contributed by atoms with Gasteiger partial charge in [-0.25, -0.2) is 22.7 Å². The first kappa shape index (κ1) is 22.4. The molecule has 176 valence electrons. The van der Waals surface area contributed by atoms with Gasteiger partial charge < -0.3 is 9.84 Å². The number of hydrogen-bond donors (Lipinski definition) is 1. The number of carbonyl (C=O) groups excluding carboxylic acids is 1. The zero-order valence-corrected chi connectivity index (χ0v) is 18.5. The molecule has 0 radical (unpaired) electrons. The van der Waals surface area contributed by atoms with Crippen molar-refractivity contribution >= 4 is 23.2 Å². The standard InChI is InChI=1S/C23H15ClF2N6O3/c24-15-6-3-13(4-7-15)20-28-22(35-30-20)17-2-1-9-31-21(17)29-32(23(31)34)12-19(33)27-11-14-5-8-16(25)10-18(14)26/h1-10H,11-12H2,(H,27,33). The second-order valence-corrected chi connectivity index (χ2v) is 7.93. The number of hydrogen-bond acceptors (Lipinski definition) is 6. The lowest BCUT2D eigenvalue weighted by atomic mass is 10.2. The van der Waals surface area contributed by atoms with Crippen molar-refractivity contribution in [1.29, 1.82) is 0 Å². The summed E-state index contributed by atoms with van der Waals surface area (Å²) in [4.78, 5) is 29.5. The Morgan fingerprint density at radius 2 is 1.91 bits per heavy atom. The van der Waals surface area contributed by atoms with Crippen molar-refractivity contribution in [2.45, 2.75) is 13.1 Å². The van der Waals surface area contributed by atoms with Gasteiger partial charge >= 0.3 is 5.69 Å². The molecule has 2 aromatic carbocycles. The maximum absolute atomic E-state index is 13.8. The third-order valence-electron chi connectivity index (χ3n) is 5.15. The normalized spacial score (nSPS) is 11.2. The molecule has 12 heteroatoms. The molecule has 0 saturated carbocycles. The smallest absolute Gasteiger partial charge is 0.350 e. The second-order valence-electron chi connectivity index (χ2n) is 7.50. The summed E-state index contributed by atoms with van der Waals surface area (Å²) in [5.41, 5.74) is 0.833. The molecule has 0 aliphatic carbocycles. The summed E-state index contributed by atoms with van der Waals surface area (Å²) in [6.07, 6.45) is 1.49. The van der Waals surface area contributed by atoms with E-state index in [-0.39, 0.29) is 23.6 Å². The van der Waals surface area contributed by atoms with Crippen LogP contribution in [0.1, 0.15) is 5.56 Å². The van der Waals surface area contributed by atoms with E-state index in [2.05, 4.69) is 20.6 Å². The molecule has 0 bridgehead atoms. The highest BCUT2D eigenvalue weighted by atomic mass is 35.5. The van der Waals surface area contributed by atoms with E-state index in [1.165, 1.54) is 16.7 Å². The van der Waals surface area contributed by atoms with Crippen LogP contribution in [-0.2, 0) is 17.9 Å². The molecule has 0 saturated heterocycles. The highest BCUT2D eigenvalue weighted by Crippen LogP contribution is 2.25. The van der Waals surface area contributed by atoms with Gasteiger partial charge in [-0.15, -0.1) is 5.10 Å². The minimum absolute atomic E-state index is 0.109. The van der Waals surface area contributed by atoms with Crippen molar-refractivity contribution in [3.8, 4) is 22.8 Å². The van der Waals surface area contributed by atoms with Crippen LogP contribution in [0, 0.1) is 11.6 Å². The van der Waals surface area contributed by atoms with Gasteiger partial charge in [-0.05, 0) is 42.5 Å².